The van der Waals surface area contributed by atoms with Crippen LogP contribution in [-0.2, 0) is 27.2 Å². The van der Waals surface area contributed by atoms with Crippen molar-refractivity contribution in [3.8, 4) is 0 Å². The number of nitrogens with zero attached hydrogens (tertiary/aromatic N) is 3. The average molecular weight is 626 g/mol. The van der Waals surface area contributed by atoms with E-state index in [9.17, 15) is 4.79 Å². The summed E-state index contributed by atoms with van der Waals surface area (Å²) in [7, 11) is 0. The highest BCUT2D eigenvalue weighted by atomic mass is 79.9. The lowest BCUT2D eigenvalue weighted by Gasteiger charge is -2.37. The molecule has 1 atom stereocenters. The molecule has 2 saturated heterocycles. The lowest BCUT2D eigenvalue weighted by atomic mass is 9.76. The van der Waals surface area contributed by atoms with Crippen molar-refractivity contribution in [1.29, 1.82) is 0 Å². The Morgan fingerprint density at radius 1 is 1.11 bits per heavy atom. The first-order valence-electron chi connectivity index (χ1n) is 12.1. The Hall–Kier alpha value is -1.48. The third kappa shape index (κ3) is 5.76. The van der Waals surface area contributed by atoms with E-state index in [-0.39, 0.29) is 18.4 Å². The van der Waals surface area contributed by atoms with E-state index in [1.54, 1.807) is 0 Å². The Labute approximate surface area is 227 Å². The van der Waals surface area contributed by atoms with Gasteiger partial charge in [-0.15, -0.1) is 0 Å². The van der Waals surface area contributed by atoms with E-state index >= 15 is 0 Å². The van der Waals surface area contributed by atoms with Gasteiger partial charge in [0.05, 0.1) is 24.6 Å². The average Bonchev–Trinajstić information content (AvgIpc) is 3.01. The van der Waals surface area contributed by atoms with Crippen LogP contribution in [0.1, 0.15) is 54.0 Å². The summed E-state index contributed by atoms with van der Waals surface area (Å²) in [6.45, 7) is 2.75. The maximum atomic E-state index is 12.8. The van der Waals surface area contributed by atoms with E-state index < -0.39 is 0 Å². The minimum Gasteiger partial charge on any atom is -0.386 e. The number of likely N-dealkylation sites (tertiary alicyclic amines) is 1. The minimum atomic E-state index is -0.0102. The maximum absolute atomic E-state index is 12.8. The number of carbonyl (C=O) groups is 1. The van der Waals surface area contributed by atoms with E-state index in [0.717, 1.165) is 63.9 Å². The number of piperidine rings is 1. The Kier molecular flexibility index (Phi) is 8.12. The Morgan fingerprint density at radius 2 is 1.86 bits per heavy atom. The number of ether oxygens (including phenoxy) is 1. The van der Waals surface area contributed by atoms with Gasteiger partial charge in [0.1, 0.15) is 0 Å². The van der Waals surface area contributed by atoms with Crippen molar-refractivity contribution in [3.05, 3.63) is 60.7 Å². The fraction of sp³-hybridized carbons (Fsp3) is 0.500. The van der Waals surface area contributed by atoms with Gasteiger partial charge in [-0.05, 0) is 82.4 Å². The summed E-state index contributed by atoms with van der Waals surface area (Å²) >= 11 is 13.8. The van der Waals surface area contributed by atoms with Crippen molar-refractivity contribution in [2.24, 2.45) is 11.1 Å². The van der Waals surface area contributed by atoms with Crippen LogP contribution in [0.4, 0.5) is 0 Å². The Balaban J connectivity index is 1.31. The molecule has 35 heavy (non-hydrogen) atoms. The van der Waals surface area contributed by atoms with Gasteiger partial charge >= 0.3 is 0 Å². The van der Waals surface area contributed by atoms with E-state index in [1.807, 2.05) is 17.2 Å². The van der Waals surface area contributed by atoms with Gasteiger partial charge in [-0.2, -0.15) is 0 Å². The molecule has 3 heterocycles. The van der Waals surface area contributed by atoms with Crippen LogP contribution < -0.4 is 0 Å². The first-order chi connectivity index (χ1) is 17.0. The summed E-state index contributed by atoms with van der Waals surface area (Å²) in [6, 6.07) is 6.30. The summed E-state index contributed by atoms with van der Waals surface area (Å²) in [5.74, 6) is 0.538. The molecule has 6 nitrogen and oxygen atoms in total. The Morgan fingerprint density at radius 3 is 2.63 bits per heavy atom. The molecule has 1 aliphatic carbocycles. The van der Waals surface area contributed by atoms with Crippen LogP contribution in [0.15, 0.2) is 38.5 Å². The number of hydrogen-bond acceptors (Lipinski definition) is 5. The normalized spacial score (nSPS) is 20.6. The number of aryl methyl sites for hydroxylation is 2. The highest BCUT2D eigenvalue weighted by molar-refractivity contribution is 9.10. The zero-order valence-electron chi connectivity index (χ0n) is 19.4. The standard InChI is InChI=1S/C26H28Br2ClN3O3/c27-19-11-18-2-1-17-12-20(29)13-22(28)24(17)25(26(18)30-14-19)16-3-7-32(8-4-16)23(33)15-35-31-21-5-9-34-10-6-21/h11-14,16,25H,1-10,15H2/t25-/m1/s1. The highest BCUT2D eigenvalue weighted by Gasteiger charge is 2.36. The summed E-state index contributed by atoms with van der Waals surface area (Å²) in [5.41, 5.74) is 5.97. The lowest BCUT2D eigenvalue weighted by molar-refractivity contribution is -0.137. The first kappa shape index (κ1) is 25.2. The SMILES string of the molecule is O=C(CON=C1CCOCC1)N1CCC([C@H]2c3ncc(Br)cc3CCc3cc(Cl)cc(Br)c32)CC1. The zero-order valence-corrected chi connectivity index (χ0v) is 23.4. The van der Waals surface area contributed by atoms with Crippen molar-refractivity contribution in [2.75, 3.05) is 32.9 Å². The Bertz CT molecular complexity index is 1130. The molecule has 0 unspecified atom stereocenters. The third-order valence-corrected chi connectivity index (χ3v) is 8.54. The van der Waals surface area contributed by atoms with Gasteiger partial charge in [0, 0.05) is 52.0 Å². The van der Waals surface area contributed by atoms with Crippen molar-refractivity contribution < 1.29 is 14.4 Å². The molecule has 1 aromatic carbocycles. The summed E-state index contributed by atoms with van der Waals surface area (Å²) in [5, 5.41) is 4.90. The first-order valence-corrected chi connectivity index (χ1v) is 14.1. The zero-order chi connectivity index (χ0) is 24.4. The fourth-order valence-corrected chi connectivity index (χ4v) is 6.98. The largest absolute Gasteiger partial charge is 0.386 e. The van der Waals surface area contributed by atoms with E-state index in [1.165, 1.54) is 16.7 Å². The van der Waals surface area contributed by atoms with Crippen molar-refractivity contribution in [2.45, 2.75) is 44.4 Å². The maximum Gasteiger partial charge on any atom is 0.263 e. The van der Waals surface area contributed by atoms with Crippen LogP contribution in [0.3, 0.4) is 0 Å². The van der Waals surface area contributed by atoms with Crippen LogP contribution >= 0.6 is 43.5 Å². The predicted molar refractivity (Wildman–Crippen MR) is 143 cm³/mol. The molecule has 0 radical (unpaired) electrons. The topological polar surface area (TPSA) is 64.0 Å². The molecule has 0 bridgehead atoms. The number of amides is 1. The van der Waals surface area contributed by atoms with Gasteiger partial charge < -0.3 is 14.5 Å². The minimum absolute atomic E-state index is 0.00320. The van der Waals surface area contributed by atoms with Crippen LogP contribution in [0.5, 0.6) is 0 Å². The van der Waals surface area contributed by atoms with E-state index in [0.29, 0.717) is 32.2 Å². The smallest absolute Gasteiger partial charge is 0.263 e. The molecule has 1 amide bonds. The van der Waals surface area contributed by atoms with Gasteiger partial charge in [0.15, 0.2) is 6.61 Å². The predicted octanol–water partition coefficient (Wildman–Crippen LogP) is 5.91. The summed E-state index contributed by atoms with van der Waals surface area (Å²) in [6.07, 6.45) is 7.13. The molecular formula is C26H28Br2ClN3O3. The molecule has 3 aliphatic rings. The number of halogens is 3. The van der Waals surface area contributed by atoms with Crippen molar-refractivity contribution >= 4 is 55.1 Å². The molecule has 1 aromatic heterocycles. The fourth-order valence-electron chi connectivity index (χ4n) is 5.48. The number of fused-ring (bicyclic) bond motifs is 2. The quantitative estimate of drug-likeness (QED) is 0.397. The number of hydrogen-bond donors (Lipinski definition) is 0. The molecule has 9 heteroatoms. The second-order valence-electron chi connectivity index (χ2n) is 9.40. The van der Waals surface area contributed by atoms with Crippen molar-refractivity contribution in [1.82, 2.24) is 9.88 Å². The molecule has 2 aliphatic heterocycles. The van der Waals surface area contributed by atoms with Crippen LogP contribution in [0, 0.1) is 5.92 Å². The number of pyridine rings is 1. The number of rotatable bonds is 4. The number of benzene rings is 1. The lowest BCUT2D eigenvalue weighted by Crippen LogP contribution is -2.41. The molecule has 0 spiro atoms. The molecule has 186 valence electrons. The molecular weight excluding hydrogens is 598 g/mol. The number of oxime groups is 1. The van der Waals surface area contributed by atoms with E-state index in [4.69, 9.17) is 26.2 Å². The van der Waals surface area contributed by atoms with Crippen LogP contribution in [0.25, 0.3) is 0 Å². The van der Waals surface area contributed by atoms with Crippen molar-refractivity contribution in [3.63, 3.8) is 0 Å². The molecule has 0 N–H and O–H groups in total. The summed E-state index contributed by atoms with van der Waals surface area (Å²) in [4.78, 5) is 25.0. The number of carbonyl (C=O) groups excluding carboxylic acids is 1. The second kappa shape index (κ2) is 11.3. The van der Waals surface area contributed by atoms with Crippen LogP contribution in [0.2, 0.25) is 5.02 Å². The van der Waals surface area contributed by atoms with Crippen LogP contribution in [-0.4, -0.2) is 54.4 Å². The highest BCUT2D eigenvalue weighted by Crippen LogP contribution is 2.46. The summed E-state index contributed by atoms with van der Waals surface area (Å²) < 4.78 is 7.37. The van der Waals surface area contributed by atoms with Gasteiger partial charge in [-0.3, -0.25) is 9.78 Å². The van der Waals surface area contributed by atoms with Gasteiger partial charge in [0.2, 0.25) is 0 Å². The number of aromatic nitrogens is 1. The monoisotopic (exact) mass is 623 g/mol. The van der Waals surface area contributed by atoms with E-state index in [2.05, 4.69) is 49.1 Å². The second-order valence-corrected chi connectivity index (χ2v) is 11.6. The molecule has 2 aromatic rings. The molecule has 2 fully saturated rings. The molecule has 0 saturated carbocycles. The molecule has 5 rings (SSSR count). The third-order valence-electron chi connectivity index (χ3n) is 7.23. The van der Waals surface area contributed by atoms with Gasteiger partial charge in [0.25, 0.3) is 5.91 Å². The van der Waals surface area contributed by atoms with Gasteiger partial charge in [-0.25, -0.2) is 0 Å². The van der Waals surface area contributed by atoms with Gasteiger partial charge in [-0.1, -0.05) is 32.7 Å².